The van der Waals surface area contributed by atoms with Crippen molar-refractivity contribution in [2.24, 2.45) is 0 Å². The molecule has 280 valence electrons. The summed E-state index contributed by atoms with van der Waals surface area (Å²) in [7, 11) is 0. The maximum absolute atomic E-state index is 5.79. The highest BCUT2D eigenvalue weighted by Crippen LogP contribution is 2.56. The van der Waals surface area contributed by atoms with Gasteiger partial charge >= 0.3 is 0 Å². The fraction of sp³-hybridized carbons (Fsp3) is 0.255. The van der Waals surface area contributed by atoms with Crippen LogP contribution in [-0.4, -0.2) is 53.1 Å². The largest absolute Gasteiger partial charge is 0.489 e. The first-order valence-corrected chi connectivity index (χ1v) is 20.4. The molecule has 0 saturated heterocycles. The van der Waals surface area contributed by atoms with Gasteiger partial charge in [0.15, 0.2) is 0 Å². The zero-order chi connectivity index (χ0) is 37.2. The first kappa shape index (κ1) is 31.6. The van der Waals surface area contributed by atoms with Crippen molar-refractivity contribution in [2.45, 2.75) is 57.0 Å². The molecule has 0 radical (unpaired) electrons. The van der Waals surface area contributed by atoms with Crippen LogP contribution in [0.25, 0.3) is 0 Å². The third-order valence-electron chi connectivity index (χ3n) is 13.4. The minimum absolute atomic E-state index is 0.395. The van der Waals surface area contributed by atoms with Gasteiger partial charge in [0.2, 0.25) is 0 Å². The van der Waals surface area contributed by atoms with Crippen LogP contribution in [0.15, 0.2) is 122 Å². The van der Waals surface area contributed by atoms with E-state index in [0.29, 0.717) is 18.5 Å². The van der Waals surface area contributed by atoms with E-state index < -0.39 is 0 Å². The van der Waals surface area contributed by atoms with Crippen LogP contribution in [0.3, 0.4) is 0 Å². The lowest BCUT2D eigenvalue weighted by Gasteiger charge is -2.31. The normalized spacial score (nSPS) is 21.8. The van der Waals surface area contributed by atoms with Gasteiger partial charge < -0.3 is 34.1 Å². The molecular formula is C47H41N9O. The van der Waals surface area contributed by atoms with Crippen LogP contribution in [-0.2, 0) is 32.1 Å². The van der Waals surface area contributed by atoms with E-state index in [1.807, 2.05) is 37.2 Å². The summed E-state index contributed by atoms with van der Waals surface area (Å²) >= 11 is 0. The molecule has 10 heteroatoms. The zero-order valence-corrected chi connectivity index (χ0v) is 31.6. The highest BCUT2D eigenvalue weighted by molar-refractivity contribution is 5.92. The van der Waals surface area contributed by atoms with E-state index in [4.69, 9.17) is 4.74 Å². The molecule has 0 aliphatic carbocycles. The second-order valence-corrected chi connectivity index (χ2v) is 16.2. The molecule has 0 spiro atoms. The highest BCUT2D eigenvalue weighted by atomic mass is 16.5. The second-order valence-electron chi connectivity index (χ2n) is 16.2. The summed E-state index contributed by atoms with van der Waals surface area (Å²) in [4.78, 5) is 27.7. The van der Waals surface area contributed by atoms with Gasteiger partial charge in [-0.25, -0.2) is 0 Å². The number of benzene rings is 3. The van der Waals surface area contributed by atoms with Crippen LogP contribution in [0.5, 0.6) is 5.75 Å². The number of anilines is 9. The molecule has 57 heavy (non-hydrogen) atoms. The van der Waals surface area contributed by atoms with Gasteiger partial charge in [-0.1, -0.05) is 36.4 Å². The minimum Gasteiger partial charge on any atom is -0.489 e. The molecule has 3 unspecified atom stereocenters. The van der Waals surface area contributed by atoms with Gasteiger partial charge in [-0.2, -0.15) is 0 Å². The van der Waals surface area contributed by atoms with Crippen LogP contribution >= 0.6 is 0 Å². The van der Waals surface area contributed by atoms with Crippen molar-refractivity contribution < 1.29 is 4.74 Å². The molecule has 3 atom stereocenters. The summed E-state index contributed by atoms with van der Waals surface area (Å²) < 4.78 is 5.79. The predicted molar refractivity (Wildman–Crippen MR) is 225 cm³/mol. The van der Waals surface area contributed by atoms with E-state index in [-0.39, 0.29) is 0 Å². The van der Waals surface area contributed by atoms with Crippen LogP contribution < -0.4 is 34.1 Å². The molecule has 9 aliphatic heterocycles. The summed E-state index contributed by atoms with van der Waals surface area (Å²) in [5.74, 6) is 1.02. The van der Waals surface area contributed by atoms with Gasteiger partial charge in [-0.15, -0.1) is 0 Å². The van der Waals surface area contributed by atoms with Crippen LogP contribution in [0, 0.1) is 0 Å². The molecule has 15 rings (SSSR count). The Balaban J connectivity index is 0.0000000895. The number of fused-ring (bicyclic) bond motifs is 15. The lowest BCUT2D eigenvalue weighted by atomic mass is 10.0. The number of hydrogen-bond donors (Lipinski definition) is 0. The van der Waals surface area contributed by atoms with Gasteiger partial charge in [0.05, 0.1) is 35.0 Å². The summed E-state index contributed by atoms with van der Waals surface area (Å²) in [6.45, 7) is 2.93. The van der Waals surface area contributed by atoms with Gasteiger partial charge in [-0.3, -0.25) is 15.0 Å². The van der Waals surface area contributed by atoms with Gasteiger partial charge in [-0.05, 0) is 89.5 Å². The maximum atomic E-state index is 5.79. The Morgan fingerprint density at radius 1 is 0.509 bits per heavy atom. The smallest absolute Gasteiger partial charge is 0.144 e. The van der Waals surface area contributed by atoms with E-state index in [0.717, 1.165) is 44.6 Å². The van der Waals surface area contributed by atoms with Crippen LogP contribution in [0.4, 0.5) is 51.2 Å². The number of allylic oxidation sites excluding steroid dienone is 1. The van der Waals surface area contributed by atoms with Crippen LogP contribution in [0.1, 0.15) is 34.2 Å². The molecule has 3 aromatic heterocycles. The lowest BCUT2D eigenvalue weighted by Crippen LogP contribution is -2.42. The Kier molecular flexibility index (Phi) is 6.65. The van der Waals surface area contributed by atoms with Gasteiger partial charge in [0.25, 0.3) is 0 Å². The molecular weight excluding hydrogens is 707 g/mol. The number of hydrogen-bond acceptors (Lipinski definition) is 10. The van der Waals surface area contributed by atoms with E-state index in [1.54, 1.807) is 0 Å². The number of aryl methyl sites for hydroxylation is 1. The topological polar surface area (TPSA) is 67.3 Å². The average molecular weight is 748 g/mol. The Morgan fingerprint density at radius 2 is 1.07 bits per heavy atom. The number of nitrogens with zero attached hydrogens (tertiary/aromatic N) is 9. The van der Waals surface area contributed by atoms with Crippen molar-refractivity contribution in [3.8, 4) is 5.75 Å². The first-order chi connectivity index (χ1) is 28.3. The van der Waals surface area contributed by atoms with Crippen molar-refractivity contribution in [2.75, 3.05) is 49.1 Å². The lowest BCUT2D eigenvalue weighted by molar-refractivity contribution is 0.305. The van der Waals surface area contributed by atoms with Gasteiger partial charge in [0.1, 0.15) is 36.5 Å². The quantitative estimate of drug-likeness (QED) is 0.152. The monoisotopic (exact) mass is 747 g/mol. The Morgan fingerprint density at radius 3 is 1.75 bits per heavy atom. The minimum atomic E-state index is 0.395. The molecule has 3 aromatic carbocycles. The third kappa shape index (κ3) is 4.43. The van der Waals surface area contributed by atoms with Crippen molar-refractivity contribution in [3.05, 3.63) is 150 Å². The molecule has 9 aliphatic rings. The standard InChI is InChI=1S/C16H15N3.C16H13N3.C15H13N3O/c2*1-3-11-4-2-8-18-15-9-12-10-17-7-6-13(12)19(15)14(5-1)16(11)18;1-2-12-15-13(3-1)19-7-6-17(15)14-8-10-9-16-5-4-11(10)18(12)14/h1,3,5-7,10,15H,2,4,8-9H2;1-3,5-8,10,15H,4,9H2;1-5,9,14H,6-8H2. The zero-order valence-electron chi connectivity index (χ0n) is 31.6. The number of aromatic nitrogens is 3. The molecule has 10 nitrogen and oxygen atoms in total. The average Bonchev–Trinajstić information content (AvgIpc) is 4.11. The fourth-order valence-electron chi connectivity index (χ4n) is 11.2. The SMILES string of the molecule is C1=CN2c3c(cccc3N3c4ccncc4CC23)C1.c1cc2c3c(c1)N1c4ccncc4CC1N3CCC2.c1cc2c3c(c1)N1c4ccncc4CC1N3CCO2. The summed E-state index contributed by atoms with van der Waals surface area (Å²) in [5, 5.41) is 0. The van der Waals surface area contributed by atoms with E-state index in [2.05, 4.69) is 129 Å². The molecule has 12 heterocycles. The van der Waals surface area contributed by atoms with Gasteiger partial charge in [0, 0.05) is 86.3 Å². The van der Waals surface area contributed by atoms with E-state index in [1.165, 1.54) is 98.4 Å². The molecule has 0 fully saturated rings. The Labute approximate surface area is 331 Å². The first-order valence-electron chi connectivity index (χ1n) is 20.4. The molecule has 6 aromatic rings. The molecule has 0 amide bonds. The van der Waals surface area contributed by atoms with Crippen molar-refractivity contribution >= 4 is 51.2 Å². The summed E-state index contributed by atoms with van der Waals surface area (Å²) in [5.41, 5.74) is 19.2. The molecule has 0 bridgehead atoms. The third-order valence-corrected chi connectivity index (χ3v) is 13.4. The summed E-state index contributed by atoms with van der Waals surface area (Å²) in [6, 6.07) is 26.2. The van der Waals surface area contributed by atoms with E-state index in [9.17, 15) is 0 Å². The molecule has 0 saturated carbocycles. The predicted octanol–water partition coefficient (Wildman–Crippen LogP) is 8.17. The van der Waals surface area contributed by atoms with Crippen molar-refractivity contribution in [1.29, 1.82) is 0 Å². The van der Waals surface area contributed by atoms with Crippen LogP contribution in [0.2, 0.25) is 0 Å². The maximum Gasteiger partial charge on any atom is 0.144 e. The number of rotatable bonds is 0. The number of para-hydroxylation sites is 3. The van der Waals surface area contributed by atoms with E-state index >= 15 is 0 Å². The number of ether oxygens (including phenoxy) is 1. The van der Waals surface area contributed by atoms with Crippen molar-refractivity contribution in [3.63, 3.8) is 0 Å². The fourth-order valence-corrected chi connectivity index (χ4v) is 11.2. The highest BCUT2D eigenvalue weighted by Gasteiger charge is 2.46. The second kappa shape index (κ2) is 12.0. The molecule has 0 N–H and O–H groups in total. The summed E-state index contributed by atoms with van der Waals surface area (Å²) in [6.07, 6.45) is 24.2. The Bertz CT molecular complexity index is 2540. The number of pyridine rings is 3. The van der Waals surface area contributed by atoms with Crippen molar-refractivity contribution in [1.82, 2.24) is 15.0 Å². The Hall–Kier alpha value is -6.55.